The van der Waals surface area contributed by atoms with Crippen LogP contribution in [0.2, 0.25) is 0 Å². The fourth-order valence-corrected chi connectivity index (χ4v) is 21.1. The summed E-state index contributed by atoms with van der Waals surface area (Å²) in [4.78, 5) is 45.2. The first-order valence-corrected chi connectivity index (χ1v) is 46.7. The van der Waals surface area contributed by atoms with Gasteiger partial charge in [0.2, 0.25) is 0 Å². The van der Waals surface area contributed by atoms with Crippen LogP contribution in [-0.4, -0.2) is 44.9 Å². The molecule has 3 aliphatic carbocycles. The summed E-state index contributed by atoms with van der Waals surface area (Å²) in [6, 6.07) is 124. The summed E-state index contributed by atoms with van der Waals surface area (Å²) >= 11 is 0. The predicted molar refractivity (Wildman–Crippen MR) is 552 cm³/mol. The molecule has 0 N–H and O–H groups in total. The molecule has 0 bridgehead atoms. The summed E-state index contributed by atoms with van der Waals surface area (Å²) in [5, 5.41) is 9.02. The van der Waals surface area contributed by atoms with Gasteiger partial charge in [-0.15, -0.1) is 0 Å². The van der Waals surface area contributed by atoms with E-state index in [1.807, 2.05) is 212 Å². The van der Waals surface area contributed by atoms with Gasteiger partial charge >= 0.3 is 0 Å². The van der Waals surface area contributed by atoms with Crippen LogP contribution < -0.4 is 0 Å². The van der Waals surface area contributed by atoms with Crippen molar-refractivity contribution in [1.29, 1.82) is 0 Å². The van der Waals surface area contributed by atoms with E-state index >= 15 is 0 Å². The number of benzene rings is 16. The predicted octanol–water partition coefficient (Wildman–Crippen LogP) is 31.9. The first-order chi connectivity index (χ1) is 65.9. The third-order valence-electron chi connectivity index (χ3n) is 30.7. The second-order valence-electron chi connectivity index (χ2n) is 39.5. The number of rotatable bonds is 9. The molecule has 13 heteroatoms. The molecule has 0 fully saturated rings. The summed E-state index contributed by atoms with van der Waals surface area (Å²) < 4.78 is 25.3. The average Bonchev–Trinajstić information content (AvgIpc) is 1.23. The van der Waals surface area contributed by atoms with Gasteiger partial charge in [-0.3, -0.25) is 0 Å². The van der Waals surface area contributed by atoms with Crippen LogP contribution >= 0.6 is 0 Å². The minimum atomic E-state index is -0.210. The van der Waals surface area contributed by atoms with Crippen LogP contribution in [0.5, 0.6) is 0 Å². The van der Waals surface area contributed by atoms with Crippen molar-refractivity contribution in [2.45, 2.75) is 116 Å². The van der Waals surface area contributed by atoms with Gasteiger partial charge in [0.1, 0.15) is 44.7 Å². The van der Waals surface area contributed by atoms with Gasteiger partial charge in [-0.25, -0.2) is 44.9 Å². The highest BCUT2D eigenvalue weighted by Gasteiger charge is 2.50. The quantitative estimate of drug-likeness (QED) is 0.134. The largest absolute Gasteiger partial charge is 0.456 e. The fraction of sp³-hybridized carbons (Fsp3) is 0.146. The monoisotopic (exact) mass is 1760 g/mol. The molecule has 13 nitrogen and oxygen atoms in total. The van der Waals surface area contributed by atoms with Crippen molar-refractivity contribution in [3.8, 4) is 136 Å². The van der Waals surface area contributed by atoms with Gasteiger partial charge in [0, 0.05) is 93.2 Å². The molecule has 16 aromatic carbocycles. The molecular weight excluding hydrogens is 1670 g/mol. The van der Waals surface area contributed by atoms with Crippen molar-refractivity contribution >= 4 is 87.8 Å². The zero-order chi connectivity index (χ0) is 92.5. The highest BCUT2D eigenvalue weighted by atomic mass is 16.3. The van der Waals surface area contributed by atoms with E-state index in [1.54, 1.807) is 0 Å². The topological polar surface area (TPSA) is 169 Å². The van der Waals surface area contributed by atoms with Crippen LogP contribution in [0.3, 0.4) is 0 Å². The maximum atomic E-state index is 6.37. The fourth-order valence-electron chi connectivity index (χ4n) is 21.1. The molecule has 0 radical (unpaired) electrons. The molecule has 136 heavy (non-hydrogen) atoms. The van der Waals surface area contributed by atoms with E-state index in [1.165, 1.54) is 77.5 Å². The Bertz CT molecular complexity index is 8650. The lowest BCUT2D eigenvalue weighted by Gasteiger charge is -2.48. The summed E-state index contributed by atoms with van der Waals surface area (Å²) in [7, 11) is 0. The molecule has 656 valence electrons. The Morgan fingerprint density at radius 3 is 0.787 bits per heavy atom. The van der Waals surface area contributed by atoms with Gasteiger partial charge < -0.3 is 17.7 Å². The second kappa shape index (κ2) is 31.2. The number of fused-ring (bicyclic) bond motifs is 22. The Morgan fingerprint density at radius 2 is 0.419 bits per heavy atom. The zero-order valence-electron chi connectivity index (χ0n) is 77.7. The first kappa shape index (κ1) is 82.9. The van der Waals surface area contributed by atoms with E-state index in [4.69, 9.17) is 62.5 Å². The van der Waals surface area contributed by atoms with Gasteiger partial charge in [0.15, 0.2) is 52.4 Å². The second-order valence-corrected chi connectivity index (χ2v) is 39.5. The average molecular weight is 1760 g/mol. The van der Waals surface area contributed by atoms with E-state index in [2.05, 4.69) is 229 Å². The molecule has 23 aromatic rings. The van der Waals surface area contributed by atoms with Crippen molar-refractivity contribution in [2.75, 3.05) is 0 Å². The van der Waals surface area contributed by atoms with Gasteiger partial charge in [-0.05, 0) is 178 Å². The van der Waals surface area contributed by atoms with Crippen LogP contribution in [0.15, 0.2) is 376 Å². The van der Waals surface area contributed by atoms with Crippen molar-refractivity contribution in [1.82, 2.24) is 44.9 Å². The van der Waals surface area contributed by atoms with Crippen molar-refractivity contribution in [3.63, 3.8) is 0 Å². The molecule has 3 aliphatic rings. The van der Waals surface area contributed by atoms with Gasteiger partial charge in [-0.2, -0.15) is 0 Å². The Morgan fingerprint density at radius 1 is 0.154 bits per heavy atom. The Balaban J connectivity index is 0.000000112. The number of hydrogen-bond acceptors (Lipinski definition) is 13. The molecule has 26 rings (SSSR count). The summed E-state index contributed by atoms with van der Waals surface area (Å²) in [6.07, 6.45) is 0. The first-order valence-electron chi connectivity index (χ1n) is 46.7. The molecule has 0 atom stereocenters. The molecule has 7 heterocycles. The van der Waals surface area contributed by atoms with E-state index < -0.39 is 0 Å². The molecule has 0 saturated heterocycles. The minimum absolute atomic E-state index is 0.149. The van der Waals surface area contributed by atoms with Crippen LogP contribution in [0.25, 0.3) is 224 Å². The molecule has 0 aliphatic heterocycles. The third kappa shape index (κ3) is 13.2. The molecule has 7 aromatic heterocycles. The highest BCUT2D eigenvalue weighted by Crippen LogP contribution is 2.61. The van der Waals surface area contributed by atoms with Crippen molar-refractivity contribution in [3.05, 3.63) is 391 Å². The zero-order valence-corrected chi connectivity index (χ0v) is 77.7. The summed E-state index contributed by atoms with van der Waals surface area (Å²) in [5.41, 5.74) is 29.9. The Hall–Kier alpha value is -16.3. The maximum Gasteiger partial charge on any atom is 0.164 e. The number of para-hydroxylation sites is 4. The molecular formula is C123H95N9O4. The van der Waals surface area contributed by atoms with Crippen LogP contribution in [-0.2, 0) is 32.5 Å². The Labute approximate surface area is 787 Å². The van der Waals surface area contributed by atoms with E-state index in [0.29, 0.717) is 52.4 Å². The number of aromatic nitrogens is 9. The van der Waals surface area contributed by atoms with Gasteiger partial charge in [0.05, 0.1) is 0 Å². The molecule has 0 unspecified atom stereocenters. The summed E-state index contributed by atoms with van der Waals surface area (Å²) in [5.74, 6) is 5.88. The SMILES string of the molecule is CC1(C)c2cc(-c3nc(-c4ccccc4)nc(-c4cccc5oc6ccccc6c45)n3)ccc2-c2cc3oc4ccccc4c3cc2C1(C)C.CC1(C)c2cc(-c3nc(-c4ccccc4)nc(-c4ccccc4)n3)ccc2-c2c(ccc3oc4ccccc4c23)C1(C)C.CC1(C)c2cc(-c3nc(-c4ccccc4)nc(-c4ccccc4)n3)ccc2-c2cc3oc4ccccc4c3cc2C1(C)C. The number of hydrogen-bond donors (Lipinski definition) is 0. The van der Waals surface area contributed by atoms with E-state index in [0.717, 1.165) is 127 Å². The van der Waals surface area contributed by atoms with E-state index in [-0.39, 0.29) is 32.5 Å². The van der Waals surface area contributed by atoms with Crippen LogP contribution in [0, 0.1) is 0 Å². The highest BCUT2D eigenvalue weighted by molar-refractivity contribution is 6.16. The number of furan rings is 4. The maximum absolute atomic E-state index is 6.37. The standard InChI is InChI=1S/C45H33N3O2.2C39H31N3O/c1-44(2)34-23-27(21-22-28(34)32-25-39-33(24-35(32)45(44,3)4)29-15-8-10-18-36(29)50-39)42-46-41(26-13-6-5-7-14-26)47-43(48-42)31-17-12-20-38-40(31)30-16-9-11-19-37(30)49-38;1-38(2)31-21-26(37-41-35(24-13-7-5-8-14-24)40-36(42-37)25-15-9-6-10-16-25)19-20-27(31)29-23-34-30(22-32(29)39(38,3)4)28-17-11-12-18-33(28)43-34;1-38(2)29-21-22-32-34(28-17-11-12-18-31(28)43-32)33(29)27-20-19-26(23-30(27)39(38,3)4)37-41-35(24-13-7-5-8-14-24)40-36(42-37)25-15-9-6-10-16-25/h5-25H,1-4H3;2*5-23H,1-4H3. The lowest BCUT2D eigenvalue weighted by atomic mass is 9.55. The minimum Gasteiger partial charge on any atom is -0.456 e. The normalized spacial score (nSPS) is 14.8. The van der Waals surface area contributed by atoms with Gasteiger partial charge in [-0.1, -0.05) is 362 Å². The number of nitrogens with zero attached hydrogens (tertiary/aromatic N) is 9. The van der Waals surface area contributed by atoms with Crippen molar-refractivity contribution in [2.24, 2.45) is 0 Å². The molecule has 0 amide bonds. The summed E-state index contributed by atoms with van der Waals surface area (Å²) in [6.45, 7) is 28.3. The lowest BCUT2D eigenvalue weighted by Crippen LogP contribution is -2.43. The smallest absolute Gasteiger partial charge is 0.164 e. The van der Waals surface area contributed by atoms with E-state index in [9.17, 15) is 0 Å². The molecule has 0 spiro atoms. The molecule has 0 saturated carbocycles. The van der Waals surface area contributed by atoms with Crippen LogP contribution in [0.1, 0.15) is 116 Å². The van der Waals surface area contributed by atoms with Crippen LogP contribution in [0.4, 0.5) is 0 Å². The van der Waals surface area contributed by atoms with Gasteiger partial charge in [0.25, 0.3) is 0 Å². The van der Waals surface area contributed by atoms with Crippen molar-refractivity contribution < 1.29 is 17.7 Å². The Kier molecular flexibility index (Phi) is 19.0. The third-order valence-corrected chi connectivity index (χ3v) is 30.7. The lowest BCUT2D eigenvalue weighted by molar-refractivity contribution is 0.299.